The van der Waals surface area contributed by atoms with Crippen LogP contribution in [0.15, 0.2) is 48.8 Å². The Bertz CT molecular complexity index is 1260. The molecule has 0 saturated carbocycles. The highest BCUT2D eigenvalue weighted by atomic mass is 19.4. The van der Waals surface area contributed by atoms with Gasteiger partial charge in [0.05, 0.1) is 23.0 Å². The number of ether oxygens (including phenoxy) is 1. The molecule has 5 rings (SSSR count). The molecule has 0 spiro atoms. The van der Waals surface area contributed by atoms with Crippen LogP contribution in [-0.4, -0.2) is 68.8 Å². The number of amides is 2. The molecule has 2 aromatic heterocycles. The van der Waals surface area contributed by atoms with Crippen molar-refractivity contribution in [1.82, 2.24) is 24.6 Å². The van der Waals surface area contributed by atoms with Gasteiger partial charge in [0.25, 0.3) is 5.91 Å². The van der Waals surface area contributed by atoms with Crippen LogP contribution in [0, 0.1) is 5.82 Å². The van der Waals surface area contributed by atoms with Crippen LogP contribution in [0.4, 0.5) is 22.4 Å². The third kappa shape index (κ3) is 3.84. The zero-order valence-corrected chi connectivity index (χ0v) is 17.5. The summed E-state index contributed by atoms with van der Waals surface area (Å²) in [4.78, 5) is 32.0. The molecule has 1 aromatic carbocycles. The number of fused-ring (bicyclic) bond motifs is 1. The Balaban J connectivity index is 1.51. The van der Waals surface area contributed by atoms with E-state index in [4.69, 9.17) is 4.74 Å². The smallest absolute Gasteiger partial charge is 0.419 e. The lowest BCUT2D eigenvalue weighted by Crippen LogP contribution is -2.53. The molecule has 12 heteroatoms. The van der Waals surface area contributed by atoms with E-state index in [2.05, 4.69) is 10.1 Å². The summed E-state index contributed by atoms with van der Waals surface area (Å²) in [6.07, 6.45) is -2.23. The second kappa shape index (κ2) is 8.12. The Labute approximate surface area is 190 Å². The maximum atomic E-state index is 14.3. The number of rotatable bonds is 3. The number of benzene rings is 1. The van der Waals surface area contributed by atoms with E-state index in [1.54, 1.807) is 21.9 Å². The maximum absolute atomic E-state index is 14.3. The van der Waals surface area contributed by atoms with Crippen molar-refractivity contribution in [3.63, 3.8) is 0 Å². The van der Waals surface area contributed by atoms with Crippen LogP contribution >= 0.6 is 0 Å². The normalized spacial score (nSPS) is 18.1. The van der Waals surface area contributed by atoms with Gasteiger partial charge in [-0.25, -0.2) is 13.9 Å². The summed E-state index contributed by atoms with van der Waals surface area (Å²) in [5.41, 5.74) is -0.373. The molecule has 4 heterocycles. The van der Waals surface area contributed by atoms with E-state index < -0.39 is 29.6 Å². The van der Waals surface area contributed by atoms with Crippen LogP contribution in [0.25, 0.3) is 16.9 Å². The Hall–Kier alpha value is -3.96. The molecular weight excluding hydrogens is 458 g/mol. The van der Waals surface area contributed by atoms with Crippen LogP contribution in [0.2, 0.25) is 0 Å². The molecule has 0 radical (unpaired) electrons. The predicted molar refractivity (Wildman–Crippen MR) is 110 cm³/mol. The van der Waals surface area contributed by atoms with Crippen molar-refractivity contribution in [2.45, 2.75) is 12.2 Å². The van der Waals surface area contributed by atoms with E-state index in [-0.39, 0.29) is 37.1 Å². The van der Waals surface area contributed by atoms with Crippen molar-refractivity contribution in [3.05, 3.63) is 65.9 Å². The standard InChI is InChI=1S/C22H17F4N5O3/c23-17-9-14(1-2-16(17)22(24,25)26)31-19(13-3-5-27-6-4-13)10-18(28-31)20(32)29-7-8-30-15(11-29)12-34-21(30)33/h1-6,9-10,15H,7-8,11-12H2/t15-/m0/s1. The third-order valence-electron chi connectivity index (χ3n) is 5.81. The summed E-state index contributed by atoms with van der Waals surface area (Å²) in [5, 5.41) is 4.31. The quantitative estimate of drug-likeness (QED) is 0.543. The van der Waals surface area contributed by atoms with Gasteiger partial charge in [-0.05, 0) is 30.3 Å². The van der Waals surface area contributed by atoms with Gasteiger partial charge in [-0.3, -0.25) is 14.7 Å². The van der Waals surface area contributed by atoms with Crippen LogP contribution in [0.3, 0.4) is 0 Å². The minimum Gasteiger partial charge on any atom is -0.447 e. The van der Waals surface area contributed by atoms with Crippen molar-refractivity contribution in [2.24, 2.45) is 0 Å². The van der Waals surface area contributed by atoms with E-state index in [0.29, 0.717) is 23.9 Å². The summed E-state index contributed by atoms with van der Waals surface area (Å²) in [6.45, 7) is 1.04. The van der Waals surface area contributed by atoms with Gasteiger partial charge in [0.2, 0.25) is 0 Å². The fourth-order valence-corrected chi connectivity index (χ4v) is 4.11. The first kappa shape index (κ1) is 21.9. The maximum Gasteiger partial charge on any atom is 0.419 e. The highest BCUT2D eigenvalue weighted by Gasteiger charge is 2.39. The lowest BCUT2D eigenvalue weighted by Gasteiger charge is -2.34. The van der Waals surface area contributed by atoms with Crippen molar-refractivity contribution in [1.29, 1.82) is 0 Å². The first-order valence-electron chi connectivity index (χ1n) is 10.3. The Kier molecular flexibility index (Phi) is 5.22. The number of nitrogens with zero attached hydrogens (tertiary/aromatic N) is 5. The molecule has 1 atom stereocenters. The number of carbonyl (C=O) groups is 2. The lowest BCUT2D eigenvalue weighted by molar-refractivity contribution is -0.140. The first-order chi connectivity index (χ1) is 16.2. The number of hydrogen-bond donors (Lipinski definition) is 0. The summed E-state index contributed by atoms with van der Waals surface area (Å²) in [6, 6.07) is 6.99. The fourth-order valence-electron chi connectivity index (χ4n) is 4.11. The number of halogens is 4. The Morgan fingerprint density at radius 3 is 2.56 bits per heavy atom. The average Bonchev–Trinajstić information content (AvgIpc) is 3.42. The van der Waals surface area contributed by atoms with Crippen molar-refractivity contribution in [2.75, 3.05) is 26.2 Å². The second-order valence-electron chi connectivity index (χ2n) is 7.90. The van der Waals surface area contributed by atoms with E-state index in [1.807, 2.05) is 0 Å². The van der Waals surface area contributed by atoms with Gasteiger partial charge in [-0.15, -0.1) is 0 Å². The first-order valence-corrected chi connectivity index (χ1v) is 10.3. The van der Waals surface area contributed by atoms with Gasteiger partial charge in [0.1, 0.15) is 12.4 Å². The van der Waals surface area contributed by atoms with Gasteiger partial charge in [0.15, 0.2) is 5.69 Å². The number of hydrogen-bond acceptors (Lipinski definition) is 5. The minimum atomic E-state index is -4.84. The fraction of sp³-hybridized carbons (Fsp3) is 0.273. The molecule has 0 aliphatic carbocycles. The Morgan fingerprint density at radius 2 is 1.85 bits per heavy atom. The molecule has 0 N–H and O–H groups in total. The summed E-state index contributed by atoms with van der Waals surface area (Å²) >= 11 is 0. The van der Waals surface area contributed by atoms with Gasteiger partial charge < -0.3 is 9.64 Å². The lowest BCUT2D eigenvalue weighted by atomic mass is 10.1. The molecule has 2 saturated heterocycles. The van der Waals surface area contributed by atoms with Crippen molar-refractivity contribution in [3.8, 4) is 16.9 Å². The molecule has 2 aliphatic heterocycles. The van der Waals surface area contributed by atoms with Gasteiger partial charge in [-0.2, -0.15) is 18.3 Å². The van der Waals surface area contributed by atoms with Crippen LogP contribution in [-0.2, 0) is 10.9 Å². The summed E-state index contributed by atoms with van der Waals surface area (Å²) in [7, 11) is 0. The topological polar surface area (TPSA) is 80.6 Å². The molecule has 3 aromatic rings. The zero-order valence-electron chi connectivity index (χ0n) is 17.5. The molecular formula is C22H17F4N5O3. The second-order valence-corrected chi connectivity index (χ2v) is 7.90. The molecule has 8 nitrogen and oxygen atoms in total. The highest BCUT2D eigenvalue weighted by Crippen LogP contribution is 2.33. The molecule has 0 unspecified atom stereocenters. The minimum absolute atomic E-state index is 0.0240. The van der Waals surface area contributed by atoms with Gasteiger partial charge in [0, 0.05) is 43.7 Å². The largest absolute Gasteiger partial charge is 0.447 e. The zero-order chi connectivity index (χ0) is 24.0. The predicted octanol–water partition coefficient (Wildman–Crippen LogP) is 3.37. The number of alkyl halides is 3. The molecule has 2 amide bonds. The molecule has 2 fully saturated rings. The molecule has 0 bridgehead atoms. The van der Waals surface area contributed by atoms with E-state index >= 15 is 0 Å². The number of piperazine rings is 1. The number of cyclic esters (lactones) is 1. The summed E-state index contributed by atoms with van der Waals surface area (Å²) in [5.74, 6) is -1.86. The average molecular weight is 475 g/mol. The third-order valence-corrected chi connectivity index (χ3v) is 5.81. The number of carbonyl (C=O) groups excluding carboxylic acids is 2. The van der Waals surface area contributed by atoms with Crippen LogP contribution in [0.5, 0.6) is 0 Å². The van der Waals surface area contributed by atoms with Crippen LogP contribution in [0.1, 0.15) is 16.1 Å². The number of pyridine rings is 1. The molecule has 176 valence electrons. The monoisotopic (exact) mass is 475 g/mol. The van der Waals surface area contributed by atoms with Gasteiger partial charge >= 0.3 is 12.3 Å². The highest BCUT2D eigenvalue weighted by molar-refractivity contribution is 5.94. The Morgan fingerprint density at radius 1 is 1.09 bits per heavy atom. The van der Waals surface area contributed by atoms with E-state index in [0.717, 1.165) is 12.1 Å². The van der Waals surface area contributed by atoms with Crippen molar-refractivity contribution < 1.29 is 31.9 Å². The van der Waals surface area contributed by atoms with E-state index in [9.17, 15) is 27.2 Å². The SMILES string of the molecule is O=C(c1cc(-c2ccncc2)n(-c2ccc(C(F)(F)F)c(F)c2)n1)N1CCN2C(=O)OC[C@@H]2C1. The molecule has 34 heavy (non-hydrogen) atoms. The van der Waals surface area contributed by atoms with Crippen molar-refractivity contribution >= 4 is 12.0 Å². The number of aromatic nitrogens is 3. The van der Waals surface area contributed by atoms with E-state index in [1.165, 1.54) is 23.1 Å². The van der Waals surface area contributed by atoms with Gasteiger partial charge in [-0.1, -0.05) is 0 Å². The summed E-state index contributed by atoms with van der Waals surface area (Å²) < 4.78 is 59.6. The molecule has 2 aliphatic rings. The van der Waals surface area contributed by atoms with Crippen LogP contribution < -0.4 is 0 Å².